The number of carbonyl (C=O) groups excluding carboxylic acids is 2. The Bertz CT molecular complexity index is 1030. The molecule has 1 unspecified atom stereocenters. The van der Waals surface area contributed by atoms with Gasteiger partial charge in [-0.2, -0.15) is 5.10 Å². The molecule has 4 rings (SSSR count). The van der Waals surface area contributed by atoms with Crippen molar-refractivity contribution in [3.8, 4) is 0 Å². The Labute approximate surface area is 179 Å². The fraction of sp³-hybridized carbons (Fsp3) is 0.381. The van der Waals surface area contributed by atoms with Crippen LogP contribution in [0, 0.1) is 5.82 Å². The van der Waals surface area contributed by atoms with Gasteiger partial charge in [0.1, 0.15) is 23.5 Å². The normalized spacial score (nSPS) is 15.9. The summed E-state index contributed by atoms with van der Waals surface area (Å²) in [7, 11) is 1.66. The van der Waals surface area contributed by atoms with Gasteiger partial charge >= 0.3 is 0 Å². The summed E-state index contributed by atoms with van der Waals surface area (Å²) in [4.78, 5) is 31.1. The van der Waals surface area contributed by atoms with Crippen molar-refractivity contribution in [2.75, 3.05) is 11.9 Å². The predicted molar refractivity (Wildman–Crippen MR) is 113 cm³/mol. The SMILES string of the molecule is CC.CN1C(=O)C(NC(=O)c2n[nH]c(Cc3ccc(F)cc3)n2)CCCn2nccc21. The standard InChI is InChI=1S/C19H20FN7O2.C2H6/c1-26-16-8-9-21-27(16)10-2-3-14(19(26)29)22-18(28)17-23-15(24-25-17)11-12-4-6-13(20)7-5-12;1-2/h4-9,14H,2-3,10-11H2,1H3,(H,22,28)(H,23,24,25);1-2H3. The van der Waals surface area contributed by atoms with E-state index in [1.807, 2.05) is 13.8 Å². The predicted octanol–water partition coefficient (Wildman–Crippen LogP) is 2.31. The topological polar surface area (TPSA) is 109 Å². The molecular weight excluding hydrogens is 401 g/mol. The van der Waals surface area contributed by atoms with Gasteiger partial charge in [0.05, 0.1) is 6.20 Å². The largest absolute Gasteiger partial charge is 0.337 e. The van der Waals surface area contributed by atoms with Gasteiger partial charge in [-0.3, -0.25) is 19.6 Å². The molecule has 2 amide bonds. The number of rotatable bonds is 4. The minimum atomic E-state index is -0.671. The monoisotopic (exact) mass is 427 g/mol. The lowest BCUT2D eigenvalue weighted by atomic mass is 10.1. The molecule has 3 aromatic rings. The number of amides is 2. The van der Waals surface area contributed by atoms with Gasteiger partial charge in [0.25, 0.3) is 5.91 Å². The highest BCUT2D eigenvalue weighted by Gasteiger charge is 2.29. The molecule has 0 bridgehead atoms. The summed E-state index contributed by atoms with van der Waals surface area (Å²) in [5.41, 5.74) is 0.836. The number of aromatic amines is 1. The van der Waals surface area contributed by atoms with Crippen molar-refractivity contribution in [1.82, 2.24) is 30.3 Å². The minimum absolute atomic E-state index is 0.0373. The Morgan fingerprint density at radius 3 is 2.74 bits per heavy atom. The fourth-order valence-corrected chi connectivity index (χ4v) is 3.33. The van der Waals surface area contributed by atoms with Gasteiger partial charge in [0.15, 0.2) is 0 Å². The molecule has 0 aliphatic carbocycles. The minimum Gasteiger partial charge on any atom is -0.337 e. The number of likely N-dealkylation sites (N-methyl/N-ethyl adjacent to an activating group) is 1. The number of nitrogens with zero attached hydrogens (tertiary/aromatic N) is 5. The van der Waals surface area contributed by atoms with Crippen LogP contribution in [0.3, 0.4) is 0 Å². The zero-order chi connectivity index (χ0) is 22.4. The summed E-state index contributed by atoms with van der Waals surface area (Å²) in [6.07, 6.45) is 3.22. The van der Waals surface area contributed by atoms with E-state index in [0.717, 1.165) is 5.56 Å². The summed E-state index contributed by atoms with van der Waals surface area (Å²) in [5.74, 6) is 0.0717. The molecule has 2 N–H and O–H groups in total. The van der Waals surface area contributed by atoms with Crippen molar-refractivity contribution in [2.24, 2.45) is 0 Å². The molecule has 2 aromatic heterocycles. The number of halogens is 1. The molecular formula is C21H26FN7O2. The van der Waals surface area contributed by atoms with E-state index in [1.54, 1.807) is 36.1 Å². The second kappa shape index (κ2) is 9.96. The zero-order valence-corrected chi connectivity index (χ0v) is 17.8. The first-order valence-electron chi connectivity index (χ1n) is 10.3. The molecule has 1 aromatic carbocycles. The summed E-state index contributed by atoms with van der Waals surface area (Å²) in [5, 5.41) is 13.6. The van der Waals surface area contributed by atoms with E-state index >= 15 is 0 Å². The van der Waals surface area contributed by atoms with E-state index < -0.39 is 11.9 Å². The molecule has 3 heterocycles. The van der Waals surface area contributed by atoms with Crippen LogP contribution in [0.4, 0.5) is 10.2 Å². The second-order valence-electron chi connectivity index (χ2n) is 6.89. The smallest absolute Gasteiger partial charge is 0.291 e. The van der Waals surface area contributed by atoms with Gasteiger partial charge < -0.3 is 5.32 Å². The summed E-state index contributed by atoms with van der Waals surface area (Å²) < 4.78 is 14.8. The van der Waals surface area contributed by atoms with Gasteiger partial charge in [-0.05, 0) is 30.5 Å². The number of carbonyl (C=O) groups is 2. The van der Waals surface area contributed by atoms with Crippen LogP contribution in [0.1, 0.15) is 48.7 Å². The lowest BCUT2D eigenvalue weighted by Gasteiger charge is -2.27. The zero-order valence-electron chi connectivity index (χ0n) is 17.8. The number of fused-ring (bicyclic) bond motifs is 1. The van der Waals surface area contributed by atoms with Gasteiger partial charge in [-0.25, -0.2) is 14.1 Å². The molecule has 0 fully saturated rings. The van der Waals surface area contributed by atoms with Crippen LogP contribution in [0.25, 0.3) is 0 Å². The maximum absolute atomic E-state index is 13.0. The third kappa shape index (κ3) is 5.14. The molecule has 164 valence electrons. The van der Waals surface area contributed by atoms with Crippen molar-refractivity contribution >= 4 is 17.6 Å². The molecule has 10 heteroatoms. The number of anilines is 1. The molecule has 31 heavy (non-hydrogen) atoms. The molecule has 1 aliphatic rings. The third-order valence-corrected chi connectivity index (χ3v) is 4.85. The Morgan fingerprint density at radius 1 is 1.26 bits per heavy atom. The average molecular weight is 427 g/mol. The molecule has 9 nitrogen and oxygen atoms in total. The van der Waals surface area contributed by atoms with Crippen molar-refractivity contribution in [3.05, 3.63) is 59.6 Å². The number of hydrogen-bond acceptors (Lipinski definition) is 5. The van der Waals surface area contributed by atoms with Crippen LogP contribution in [0.5, 0.6) is 0 Å². The van der Waals surface area contributed by atoms with Crippen LogP contribution in [0.15, 0.2) is 36.5 Å². The second-order valence-corrected chi connectivity index (χ2v) is 6.89. The first-order valence-corrected chi connectivity index (χ1v) is 10.3. The fourth-order valence-electron chi connectivity index (χ4n) is 3.33. The Balaban J connectivity index is 0.00000132. The van der Waals surface area contributed by atoms with Crippen LogP contribution >= 0.6 is 0 Å². The average Bonchev–Trinajstić information content (AvgIpc) is 3.44. The van der Waals surface area contributed by atoms with Crippen LogP contribution in [-0.2, 0) is 17.8 Å². The molecule has 0 radical (unpaired) electrons. The molecule has 1 aliphatic heterocycles. The first kappa shape index (κ1) is 22.1. The van der Waals surface area contributed by atoms with E-state index in [0.29, 0.717) is 37.4 Å². The van der Waals surface area contributed by atoms with Crippen LogP contribution < -0.4 is 10.2 Å². The lowest BCUT2D eigenvalue weighted by Crippen LogP contribution is -2.49. The van der Waals surface area contributed by atoms with Crippen LogP contribution in [-0.4, -0.2) is 49.9 Å². The molecule has 0 saturated heterocycles. The van der Waals surface area contributed by atoms with E-state index in [4.69, 9.17) is 0 Å². The number of aryl methyl sites for hydroxylation is 1. The van der Waals surface area contributed by atoms with Crippen LogP contribution in [0.2, 0.25) is 0 Å². The summed E-state index contributed by atoms with van der Waals surface area (Å²) in [6, 6.07) is 7.11. The van der Waals surface area contributed by atoms with Crippen molar-refractivity contribution in [1.29, 1.82) is 0 Å². The molecule has 0 saturated carbocycles. The van der Waals surface area contributed by atoms with Gasteiger partial charge in [-0.15, -0.1) is 5.10 Å². The number of benzene rings is 1. The highest BCUT2D eigenvalue weighted by atomic mass is 19.1. The number of hydrogen-bond donors (Lipinski definition) is 2. The van der Waals surface area contributed by atoms with Crippen molar-refractivity contribution < 1.29 is 14.0 Å². The van der Waals surface area contributed by atoms with Gasteiger partial charge in [0, 0.05) is 26.1 Å². The maximum Gasteiger partial charge on any atom is 0.291 e. The quantitative estimate of drug-likeness (QED) is 0.664. The Hall–Kier alpha value is -3.56. The highest BCUT2D eigenvalue weighted by Crippen LogP contribution is 2.18. The Kier molecular flexibility index (Phi) is 7.11. The van der Waals surface area contributed by atoms with E-state index in [1.165, 1.54) is 17.0 Å². The highest BCUT2D eigenvalue weighted by molar-refractivity contribution is 6.00. The van der Waals surface area contributed by atoms with E-state index in [2.05, 4.69) is 25.6 Å². The van der Waals surface area contributed by atoms with E-state index in [9.17, 15) is 14.0 Å². The molecule has 0 spiro atoms. The Morgan fingerprint density at radius 2 is 2.00 bits per heavy atom. The number of nitrogens with one attached hydrogen (secondary N) is 2. The molecule has 1 atom stereocenters. The number of aromatic nitrogens is 5. The van der Waals surface area contributed by atoms with Gasteiger partial charge in [-0.1, -0.05) is 26.0 Å². The van der Waals surface area contributed by atoms with Gasteiger partial charge in [0.2, 0.25) is 11.7 Å². The summed E-state index contributed by atoms with van der Waals surface area (Å²) in [6.45, 7) is 4.66. The van der Waals surface area contributed by atoms with Crippen molar-refractivity contribution in [3.63, 3.8) is 0 Å². The van der Waals surface area contributed by atoms with Crippen molar-refractivity contribution in [2.45, 2.75) is 45.7 Å². The first-order chi connectivity index (χ1) is 15.0. The third-order valence-electron chi connectivity index (χ3n) is 4.85. The van der Waals surface area contributed by atoms with E-state index in [-0.39, 0.29) is 17.5 Å². The lowest BCUT2D eigenvalue weighted by molar-refractivity contribution is -0.120. The summed E-state index contributed by atoms with van der Waals surface area (Å²) >= 11 is 0. The maximum atomic E-state index is 13.0. The number of H-pyrrole nitrogens is 1.